The van der Waals surface area contributed by atoms with E-state index in [1.165, 1.54) is 0 Å². The third-order valence-electron chi connectivity index (χ3n) is 2.94. The highest BCUT2D eigenvalue weighted by molar-refractivity contribution is 7.01. The predicted octanol–water partition coefficient (Wildman–Crippen LogP) is 2.24. The minimum absolute atomic E-state index is 0.339. The number of hydrogen-bond donors (Lipinski definition) is 0. The van der Waals surface area contributed by atoms with Crippen molar-refractivity contribution in [2.24, 2.45) is 0 Å². The van der Waals surface area contributed by atoms with Crippen LogP contribution in [0.4, 0.5) is 0 Å². The summed E-state index contributed by atoms with van der Waals surface area (Å²) in [6.45, 7) is 4.90. The molecule has 0 aliphatic carbocycles. The fourth-order valence-corrected chi connectivity index (χ4v) is 7.07. The lowest BCUT2D eigenvalue weighted by atomic mass is 10.3. The molecular weight excluding hydrogens is 100 g/mol. The van der Waals surface area contributed by atoms with Gasteiger partial charge in [0.05, 0.1) is 8.07 Å². The van der Waals surface area contributed by atoms with Gasteiger partial charge in [0.15, 0.2) is 0 Å². The number of hydrogen-bond acceptors (Lipinski definition) is 0. The lowest BCUT2D eigenvalue weighted by Gasteiger charge is -1.93. The molecule has 7 heavy (non-hydrogen) atoms. The monoisotopic (exact) mass is 112 g/mol. The van der Waals surface area contributed by atoms with Crippen molar-refractivity contribution in [3.63, 3.8) is 0 Å². The van der Waals surface area contributed by atoms with Crippen molar-refractivity contribution < 1.29 is 0 Å². The van der Waals surface area contributed by atoms with E-state index in [0.29, 0.717) is 0 Å². The van der Waals surface area contributed by atoms with Gasteiger partial charge in [-0.2, -0.15) is 0 Å². The van der Waals surface area contributed by atoms with Gasteiger partial charge in [0.2, 0.25) is 0 Å². The smallest absolute Gasteiger partial charge is 0.0586 e. The molecule has 0 bridgehead atoms. The number of rotatable bonds is 0. The summed E-state index contributed by atoms with van der Waals surface area (Å²) < 4.78 is 0. The Morgan fingerprint density at radius 2 is 1.71 bits per heavy atom. The molecule has 0 radical (unpaired) electrons. The maximum atomic E-state index is 2.45. The van der Waals surface area contributed by atoms with Gasteiger partial charge in [0, 0.05) is 0 Å². The Morgan fingerprint density at radius 3 is 1.71 bits per heavy atom. The first-order valence-electron chi connectivity index (χ1n) is 3.16. The van der Waals surface area contributed by atoms with Gasteiger partial charge in [-0.3, -0.25) is 0 Å². The quantitative estimate of drug-likeness (QED) is 0.422. The van der Waals surface area contributed by atoms with Crippen LogP contribution < -0.4 is 0 Å². The third-order valence-corrected chi connectivity index (χ3v) is 8.83. The molecule has 2 heterocycles. The summed E-state index contributed by atoms with van der Waals surface area (Å²) in [5.41, 5.74) is 0. The zero-order valence-corrected chi connectivity index (χ0v) is 6.12. The van der Waals surface area contributed by atoms with Crippen LogP contribution in [-0.2, 0) is 0 Å². The van der Waals surface area contributed by atoms with Gasteiger partial charge in [-0.15, -0.1) is 0 Å². The highest BCUT2D eigenvalue weighted by Crippen LogP contribution is 2.75. The fourth-order valence-electron chi connectivity index (χ4n) is 1.81. The van der Waals surface area contributed by atoms with Gasteiger partial charge >= 0.3 is 0 Å². The van der Waals surface area contributed by atoms with E-state index in [9.17, 15) is 0 Å². The zero-order valence-electron chi connectivity index (χ0n) is 5.12. The Kier molecular flexibility index (Phi) is 0.431. The van der Waals surface area contributed by atoms with E-state index >= 15 is 0 Å². The standard InChI is InChI=1S/C6H12Si/c1-6(2)5-7(6)3-4-7/h3-5H2,1-2H3. The van der Waals surface area contributed by atoms with E-state index in [2.05, 4.69) is 13.8 Å². The largest absolute Gasteiger partial charge is 0.0626 e. The molecule has 0 aromatic carbocycles. The molecule has 2 rings (SSSR count). The van der Waals surface area contributed by atoms with Crippen molar-refractivity contribution in [1.82, 2.24) is 0 Å². The predicted molar refractivity (Wildman–Crippen MR) is 34.2 cm³/mol. The molecule has 0 unspecified atom stereocenters. The summed E-state index contributed by atoms with van der Waals surface area (Å²) in [5, 5.41) is 0.896. The van der Waals surface area contributed by atoms with Gasteiger partial charge in [0.25, 0.3) is 0 Å². The third kappa shape index (κ3) is 0.333. The summed E-state index contributed by atoms with van der Waals surface area (Å²) >= 11 is 0. The SMILES string of the molecule is CC1(C)C[Si]12CC2. The van der Waals surface area contributed by atoms with Crippen molar-refractivity contribution in [2.45, 2.75) is 37.0 Å². The molecule has 40 valence electrons. The van der Waals surface area contributed by atoms with Crippen LogP contribution in [0.5, 0.6) is 0 Å². The Balaban J connectivity index is 2.22. The molecule has 0 aromatic rings. The second-order valence-electron chi connectivity index (χ2n) is 3.84. The first-order chi connectivity index (χ1) is 3.16. The average Bonchev–Trinajstić information content (AvgIpc) is 2.22. The Bertz CT molecular complexity index is 109. The maximum Gasteiger partial charge on any atom is 0.0586 e. The molecule has 2 fully saturated rings. The van der Waals surface area contributed by atoms with E-state index in [1.54, 1.807) is 18.1 Å². The summed E-state index contributed by atoms with van der Waals surface area (Å²) in [5.74, 6) is 0. The van der Waals surface area contributed by atoms with Crippen molar-refractivity contribution >= 4 is 8.07 Å². The van der Waals surface area contributed by atoms with Crippen LogP contribution in [0.15, 0.2) is 0 Å². The molecule has 0 atom stereocenters. The molecule has 0 N–H and O–H groups in total. The maximum absolute atomic E-state index is 2.45. The molecule has 1 spiro atoms. The minimum Gasteiger partial charge on any atom is -0.0626 e. The zero-order chi connectivity index (χ0) is 5.12. The molecule has 2 saturated heterocycles. The fraction of sp³-hybridized carbons (Fsp3) is 1.00. The summed E-state index contributed by atoms with van der Waals surface area (Å²) in [4.78, 5) is 0. The molecule has 0 aromatic heterocycles. The first-order valence-corrected chi connectivity index (χ1v) is 5.79. The van der Waals surface area contributed by atoms with Crippen LogP contribution >= 0.6 is 0 Å². The molecule has 0 amide bonds. The van der Waals surface area contributed by atoms with Gasteiger partial charge in [-0.1, -0.05) is 32.0 Å². The second kappa shape index (κ2) is 0.731. The lowest BCUT2D eigenvalue weighted by molar-refractivity contribution is 0.868. The topological polar surface area (TPSA) is 0 Å². The Hall–Kier alpha value is 0.217. The Labute approximate surface area is 45.9 Å². The normalized spacial score (nSPS) is 38.6. The van der Waals surface area contributed by atoms with E-state index in [0.717, 1.165) is 5.04 Å². The second-order valence-corrected chi connectivity index (χ2v) is 9.11. The van der Waals surface area contributed by atoms with Gasteiger partial charge in [-0.25, -0.2) is 0 Å². The first kappa shape index (κ1) is 4.13. The highest BCUT2D eigenvalue weighted by Gasteiger charge is 2.70. The van der Waals surface area contributed by atoms with Gasteiger partial charge in [0.1, 0.15) is 0 Å². The van der Waals surface area contributed by atoms with Crippen molar-refractivity contribution in [2.75, 3.05) is 0 Å². The Morgan fingerprint density at radius 1 is 1.29 bits per heavy atom. The summed E-state index contributed by atoms with van der Waals surface area (Å²) in [7, 11) is -0.339. The average molecular weight is 112 g/mol. The van der Waals surface area contributed by atoms with Gasteiger partial charge < -0.3 is 0 Å². The molecule has 0 saturated carbocycles. The minimum atomic E-state index is -0.339. The van der Waals surface area contributed by atoms with Gasteiger partial charge in [-0.05, 0) is 5.04 Å². The molecule has 2 aliphatic heterocycles. The molecule has 0 nitrogen and oxygen atoms in total. The van der Waals surface area contributed by atoms with Crippen LogP contribution in [0.25, 0.3) is 0 Å². The van der Waals surface area contributed by atoms with Crippen molar-refractivity contribution in [3.8, 4) is 0 Å². The van der Waals surface area contributed by atoms with Crippen LogP contribution in [-0.4, -0.2) is 8.07 Å². The summed E-state index contributed by atoms with van der Waals surface area (Å²) in [6.07, 6.45) is 0. The van der Waals surface area contributed by atoms with Crippen LogP contribution in [0.3, 0.4) is 0 Å². The van der Waals surface area contributed by atoms with E-state index in [4.69, 9.17) is 0 Å². The van der Waals surface area contributed by atoms with Crippen molar-refractivity contribution in [1.29, 1.82) is 0 Å². The van der Waals surface area contributed by atoms with Crippen molar-refractivity contribution in [3.05, 3.63) is 0 Å². The molecular formula is C6H12Si. The van der Waals surface area contributed by atoms with Crippen LogP contribution in [0.1, 0.15) is 13.8 Å². The summed E-state index contributed by atoms with van der Waals surface area (Å²) in [6, 6.07) is 4.99. The van der Waals surface area contributed by atoms with E-state index in [-0.39, 0.29) is 8.07 Å². The van der Waals surface area contributed by atoms with Crippen LogP contribution in [0, 0.1) is 0 Å². The van der Waals surface area contributed by atoms with Crippen LogP contribution in [0.2, 0.25) is 23.2 Å². The lowest BCUT2D eigenvalue weighted by Crippen LogP contribution is -1.91. The molecule has 2 aliphatic rings. The van der Waals surface area contributed by atoms with E-state index in [1.807, 2.05) is 0 Å². The molecule has 1 heteroatoms. The van der Waals surface area contributed by atoms with E-state index < -0.39 is 0 Å². The highest BCUT2D eigenvalue weighted by atomic mass is 28.3.